The molecule has 1 N–H and O–H groups in total. The van der Waals surface area contributed by atoms with Gasteiger partial charge in [-0.1, -0.05) is 12.8 Å². The van der Waals surface area contributed by atoms with Gasteiger partial charge < -0.3 is 10.1 Å². The predicted octanol–water partition coefficient (Wildman–Crippen LogP) is 3.65. The van der Waals surface area contributed by atoms with E-state index >= 15 is 0 Å². The van der Waals surface area contributed by atoms with Gasteiger partial charge in [0.15, 0.2) is 0 Å². The molecule has 0 saturated heterocycles. The maximum Gasteiger partial charge on any atom is 0.341 e. The van der Waals surface area contributed by atoms with E-state index in [-0.39, 0.29) is 38.7 Å². The van der Waals surface area contributed by atoms with Gasteiger partial charge >= 0.3 is 11.0 Å². The molecule has 0 radical (unpaired) electrons. The number of rotatable bonds is 8. The van der Waals surface area contributed by atoms with Crippen molar-refractivity contribution in [1.29, 1.82) is 0 Å². The minimum Gasteiger partial charge on any atom is -0.462 e. The number of amides is 1. The van der Waals surface area contributed by atoms with Gasteiger partial charge in [0.1, 0.15) is 10.6 Å². The molecule has 1 amide bonds. The lowest BCUT2D eigenvalue weighted by Crippen LogP contribution is -2.35. The van der Waals surface area contributed by atoms with E-state index in [9.17, 15) is 28.1 Å². The molecule has 0 unspecified atom stereocenters. The zero-order valence-corrected chi connectivity index (χ0v) is 19.2. The van der Waals surface area contributed by atoms with E-state index in [1.165, 1.54) is 28.6 Å². The molecule has 0 spiro atoms. The normalized spacial score (nSPS) is 14.5. The molecule has 0 aliphatic heterocycles. The number of carbonyl (C=O) groups is 2. The molecular formula is C20H23N3O7S2. The Morgan fingerprint density at radius 2 is 1.88 bits per heavy atom. The number of anilines is 1. The average molecular weight is 482 g/mol. The number of carbonyl (C=O) groups excluding carboxylic acids is 2. The van der Waals surface area contributed by atoms with Gasteiger partial charge in [0.05, 0.1) is 16.4 Å². The molecule has 172 valence electrons. The Bertz CT molecular complexity index is 1120. The van der Waals surface area contributed by atoms with Crippen LogP contribution in [0.15, 0.2) is 35.2 Å². The lowest BCUT2D eigenvalue weighted by Gasteiger charge is -2.23. The second kappa shape index (κ2) is 9.76. The van der Waals surface area contributed by atoms with Crippen LogP contribution in [0.25, 0.3) is 0 Å². The van der Waals surface area contributed by atoms with Crippen LogP contribution >= 0.6 is 11.3 Å². The SMILES string of the molecule is CCOC(=O)c1cc([N+](=O)[O-])sc1NC(=O)c1ccc(S(=O)(=O)N(C)C2CCCC2)cc1. The monoisotopic (exact) mass is 481 g/mol. The molecule has 12 heteroatoms. The summed E-state index contributed by atoms with van der Waals surface area (Å²) in [6.45, 7) is 1.66. The quantitative estimate of drug-likeness (QED) is 0.345. The van der Waals surface area contributed by atoms with E-state index < -0.39 is 26.8 Å². The molecule has 2 aromatic rings. The minimum absolute atomic E-state index is 0.0159. The largest absolute Gasteiger partial charge is 0.462 e. The van der Waals surface area contributed by atoms with Crippen molar-refractivity contribution < 1.29 is 27.7 Å². The summed E-state index contributed by atoms with van der Waals surface area (Å²) in [6.07, 6.45) is 3.65. The van der Waals surface area contributed by atoms with Crippen LogP contribution in [0.2, 0.25) is 0 Å². The van der Waals surface area contributed by atoms with E-state index in [0.717, 1.165) is 31.7 Å². The third-order valence-corrected chi connectivity index (χ3v) is 8.18. The fourth-order valence-corrected chi connectivity index (χ4v) is 5.78. The van der Waals surface area contributed by atoms with Crippen molar-refractivity contribution in [3.63, 3.8) is 0 Å². The van der Waals surface area contributed by atoms with Crippen LogP contribution in [0.3, 0.4) is 0 Å². The first-order valence-corrected chi connectivity index (χ1v) is 12.3. The number of ether oxygens (including phenoxy) is 1. The van der Waals surface area contributed by atoms with Crippen LogP contribution in [0.4, 0.5) is 10.0 Å². The van der Waals surface area contributed by atoms with Gasteiger partial charge in [-0.15, -0.1) is 0 Å². The molecule has 3 rings (SSSR count). The predicted molar refractivity (Wildman–Crippen MR) is 119 cm³/mol. The van der Waals surface area contributed by atoms with E-state index in [1.807, 2.05) is 0 Å². The van der Waals surface area contributed by atoms with Crippen molar-refractivity contribution in [1.82, 2.24) is 4.31 Å². The number of benzene rings is 1. The Kier molecular flexibility index (Phi) is 7.26. The first-order valence-electron chi connectivity index (χ1n) is 10.00. The van der Waals surface area contributed by atoms with Gasteiger partial charge in [-0.3, -0.25) is 14.9 Å². The Labute approximate surface area is 189 Å². The molecule has 1 aromatic heterocycles. The third kappa shape index (κ3) is 4.97. The molecule has 32 heavy (non-hydrogen) atoms. The number of hydrogen-bond donors (Lipinski definition) is 1. The van der Waals surface area contributed by atoms with Crippen molar-refractivity contribution in [3.8, 4) is 0 Å². The Hall–Kier alpha value is -2.83. The maximum atomic E-state index is 12.9. The van der Waals surface area contributed by atoms with E-state index in [2.05, 4.69) is 5.32 Å². The second-order valence-corrected chi connectivity index (χ2v) is 10.3. The first kappa shape index (κ1) is 23.8. The molecule has 0 bridgehead atoms. The summed E-state index contributed by atoms with van der Waals surface area (Å²) in [5.41, 5.74) is 0.0209. The molecule has 1 fully saturated rings. The fourth-order valence-electron chi connectivity index (χ4n) is 3.51. The number of nitrogens with one attached hydrogen (secondary N) is 1. The number of nitro groups is 1. The van der Waals surface area contributed by atoms with E-state index in [0.29, 0.717) is 11.3 Å². The van der Waals surface area contributed by atoms with Gasteiger partial charge in [0, 0.05) is 24.7 Å². The van der Waals surface area contributed by atoms with Crippen LogP contribution in [0.5, 0.6) is 0 Å². The summed E-state index contributed by atoms with van der Waals surface area (Å²) in [5, 5.41) is 13.2. The highest BCUT2D eigenvalue weighted by Crippen LogP contribution is 2.34. The maximum absolute atomic E-state index is 12.9. The lowest BCUT2D eigenvalue weighted by atomic mass is 10.2. The molecule has 1 aromatic carbocycles. The zero-order chi connectivity index (χ0) is 23.5. The average Bonchev–Trinajstić information content (AvgIpc) is 3.44. The van der Waals surface area contributed by atoms with Gasteiger partial charge in [-0.2, -0.15) is 4.31 Å². The topological polar surface area (TPSA) is 136 Å². The number of nitrogens with zero attached hydrogens (tertiary/aromatic N) is 2. The summed E-state index contributed by atoms with van der Waals surface area (Å²) in [7, 11) is -2.12. The smallest absolute Gasteiger partial charge is 0.341 e. The van der Waals surface area contributed by atoms with Gasteiger partial charge in [-0.25, -0.2) is 13.2 Å². The van der Waals surface area contributed by atoms with Crippen LogP contribution in [0, 0.1) is 10.1 Å². The van der Waals surface area contributed by atoms with Crippen molar-refractivity contribution in [3.05, 3.63) is 51.6 Å². The Balaban J connectivity index is 1.79. The third-order valence-electron chi connectivity index (χ3n) is 5.25. The molecule has 1 aliphatic carbocycles. The number of esters is 1. The van der Waals surface area contributed by atoms with Gasteiger partial charge in [-0.05, 0) is 55.4 Å². The van der Waals surface area contributed by atoms with Crippen molar-refractivity contribution in [2.24, 2.45) is 0 Å². The highest BCUT2D eigenvalue weighted by atomic mass is 32.2. The first-order chi connectivity index (χ1) is 15.1. The Morgan fingerprint density at radius 3 is 2.44 bits per heavy atom. The van der Waals surface area contributed by atoms with E-state index in [4.69, 9.17) is 4.74 Å². The number of hydrogen-bond acceptors (Lipinski definition) is 8. The summed E-state index contributed by atoms with van der Waals surface area (Å²) in [6, 6.07) is 6.43. The minimum atomic E-state index is -3.69. The summed E-state index contributed by atoms with van der Waals surface area (Å²) >= 11 is 0.636. The Morgan fingerprint density at radius 1 is 1.25 bits per heavy atom. The van der Waals surface area contributed by atoms with Crippen LogP contribution in [-0.2, 0) is 14.8 Å². The summed E-state index contributed by atoms with van der Waals surface area (Å²) < 4.78 is 32.0. The molecule has 1 heterocycles. The van der Waals surface area contributed by atoms with Crippen molar-refractivity contribution in [2.45, 2.75) is 43.5 Å². The molecular weight excluding hydrogens is 458 g/mol. The zero-order valence-electron chi connectivity index (χ0n) is 17.6. The molecule has 1 saturated carbocycles. The van der Waals surface area contributed by atoms with Gasteiger partial charge in [0.25, 0.3) is 5.91 Å². The fraction of sp³-hybridized carbons (Fsp3) is 0.400. The number of thiophene rings is 1. The van der Waals surface area contributed by atoms with Crippen molar-refractivity contribution >= 4 is 43.2 Å². The molecule has 0 atom stereocenters. The van der Waals surface area contributed by atoms with E-state index in [1.54, 1.807) is 14.0 Å². The van der Waals surface area contributed by atoms with Gasteiger partial charge in [0.2, 0.25) is 10.0 Å². The van der Waals surface area contributed by atoms with Crippen LogP contribution in [-0.4, -0.2) is 49.2 Å². The highest BCUT2D eigenvalue weighted by molar-refractivity contribution is 7.89. The summed E-state index contributed by atoms with van der Waals surface area (Å²) in [4.78, 5) is 35.2. The number of sulfonamides is 1. The second-order valence-electron chi connectivity index (χ2n) is 7.24. The lowest BCUT2D eigenvalue weighted by molar-refractivity contribution is -0.380. The standard InChI is InChI=1S/C20H23N3O7S2/c1-3-30-20(25)16-12-17(23(26)27)31-19(16)21-18(24)13-8-10-15(11-9-13)32(28,29)22(2)14-6-4-5-7-14/h8-12,14H,3-7H2,1-2H3,(H,21,24). The van der Waals surface area contributed by atoms with Crippen LogP contribution in [0.1, 0.15) is 53.3 Å². The molecule has 1 aliphatic rings. The highest BCUT2D eigenvalue weighted by Gasteiger charge is 2.30. The van der Waals surface area contributed by atoms with Crippen molar-refractivity contribution in [2.75, 3.05) is 19.0 Å². The molecule has 10 nitrogen and oxygen atoms in total. The van der Waals surface area contributed by atoms with Crippen LogP contribution < -0.4 is 5.32 Å². The summed E-state index contributed by atoms with van der Waals surface area (Å²) in [5.74, 6) is -1.43.